The summed E-state index contributed by atoms with van der Waals surface area (Å²) in [5.41, 5.74) is -2.94. The van der Waals surface area contributed by atoms with E-state index in [1.165, 1.54) is 61.9 Å². The average Bonchev–Trinajstić information content (AvgIpc) is 1.56. The Morgan fingerprint density at radius 3 is 1.74 bits per heavy atom. The lowest BCUT2D eigenvalue weighted by molar-refractivity contribution is -0.149. The van der Waals surface area contributed by atoms with E-state index in [-0.39, 0.29) is 87.6 Å². The van der Waals surface area contributed by atoms with Gasteiger partial charge in [0.05, 0.1) is 25.2 Å². The number of carbonyl (C=O) groups excluding carboxylic acids is 11. The second-order valence-electron chi connectivity index (χ2n) is 26.9. The van der Waals surface area contributed by atoms with Crippen LogP contribution in [0.15, 0.2) is 18.2 Å². The number of aryl methyl sites for hydroxylation is 1. The summed E-state index contributed by atoms with van der Waals surface area (Å²) >= 11 is 0. The molecule has 4 N–H and O–H groups in total. The van der Waals surface area contributed by atoms with Gasteiger partial charge in [-0.3, -0.25) is 52.7 Å². The predicted octanol–water partition coefficient (Wildman–Crippen LogP) is 4.65. The van der Waals surface area contributed by atoms with Crippen LogP contribution in [0.4, 0.5) is 17.6 Å². The Balaban J connectivity index is 1.54. The molecule has 7 atom stereocenters. The van der Waals surface area contributed by atoms with Gasteiger partial charge in [-0.05, 0) is 106 Å². The van der Waals surface area contributed by atoms with E-state index < -0.39 is 156 Å². The van der Waals surface area contributed by atoms with Crippen LogP contribution in [-0.4, -0.2) is 216 Å². The lowest BCUT2D eigenvalue weighted by Crippen LogP contribution is -2.64. The number of hydrogen-bond donors (Lipinski definition) is 4. The summed E-state index contributed by atoms with van der Waals surface area (Å²) in [6, 6.07) is -5.58. The number of carbonyl (C=O) groups is 11. The van der Waals surface area contributed by atoms with Crippen LogP contribution in [0.3, 0.4) is 0 Å². The highest BCUT2D eigenvalue weighted by atomic mass is 19.4. The van der Waals surface area contributed by atoms with Crippen molar-refractivity contribution in [2.45, 2.75) is 212 Å². The lowest BCUT2D eigenvalue weighted by Gasteiger charge is -2.39. The van der Waals surface area contributed by atoms with E-state index >= 15 is 4.79 Å². The van der Waals surface area contributed by atoms with Gasteiger partial charge < -0.3 is 55.6 Å². The Kier molecular flexibility index (Phi) is 26.6. The maximum absolute atomic E-state index is 15.0. The summed E-state index contributed by atoms with van der Waals surface area (Å²) in [6.07, 6.45) is 1.06. The SMILES string of the molecule is CC(C)C[C@H]1C(=O)N[C@@H](C(C)C)C(=O)N(C)CC(=O)N(C)CC(=O)N(C)[C@@H](CC2CCCCC2)C(=O)N(C)CC(=O)N[C@@H](CCc2ccc(C(F)(F)F)c(F)c2)C(=O)N2CCCC2C(=O)NC2(CCCC2)C(=O)N(C)[C@@H](CC(C)C)C(=O)N[C@H](C)CC(=O)N1C. The number of hydrogen-bond acceptors (Lipinski definition) is 11. The van der Waals surface area contributed by atoms with Crippen LogP contribution in [0.2, 0.25) is 0 Å². The van der Waals surface area contributed by atoms with Crippen molar-refractivity contribution in [1.82, 2.24) is 55.6 Å². The Bertz CT molecular complexity index is 2750. The Labute approximate surface area is 528 Å². The zero-order chi connectivity index (χ0) is 67.3. The molecule has 1 aromatic carbocycles. The Morgan fingerprint density at radius 1 is 0.600 bits per heavy atom. The van der Waals surface area contributed by atoms with Crippen molar-refractivity contribution in [2.24, 2.45) is 23.7 Å². The molecule has 4 fully saturated rings. The second-order valence-corrected chi connectivity index (χ2v) is 26.9. The molecule has 2 aliphatic heterocycles. The number of amides is 11. The molecule has 1 unspecified atom stereocenters. The van der Waals surface area contributed by atoms with Gasteiger partial charge in [0, 0.05) is 61.3 Å². The van der Waals surface area contributed by atoms with E-state index in [9.17, 15) is 65.5 Å². The molecule has 26 heteroatoms. The maximum Gasteiger partial charge on any atom is 0.419 e. The minimum atomic E-state index is -4.99. The molecule has 5 rings (SSSR count). The Hall–Kier alpha value is -6.89. The standard InChI is InChI=1S/C64H99F4N11O11/c1-38(2)30-48-57(85)71-55(40(5)6)61(89)75(10)36-53(82)73(8)37-54(83)77(12)50(34-42-20-15-14-16-21-42)60(88)74(9)35-51(80)70-46(26-24-43-23-25-44(45(65)33-43)64(66,67)68)59(87)79-29-19-22-47(79)58(86)72-63(27-17-18-28-63)62(90)78(13)49(31-39(3)4)56(84)69-41(7)32-52(81)76(48)11/h23,25,33,38-42,46-50,55H,14-22,24,26-32,34-37H2,1-13H3,(H,69,84)(H,70,80)(H,71,85)(H,72,86)/t41-,46+,47?,48+,49+,50+,55+/m1/s1. The van der Waals surface area contributed by atoms with Gasteiger partial charge in [0.15, 0.2) is 0 Å². The topological polar surface area (TPSA) is 259 Å². The first-order chi connectivity index (χ1) is 42.1. The van der Waals surface area contributed by atoms with Crippen LogP contribution in [0.1, 0.15) is 162 Å². The molecule has 2 saturated heterocycles. The van der Waals surface area contributed by atoms with Crippen molar-refractivity contribution >= 4 is 65.0 Å². The predicted molar refractivity (Wildman–Crippen MR) is 327 cm³/mol. The molecule has 0 aromatic heterocycles. The Morgan fingerprint density at radius 2 is 1.17 bits per heavy atom. The first-order valence-corrected chi connectivity index (χ1v) is 32.0. The highest BCUT2D eigenvalue weighted by Crippen LogP contribution is 2.35. The van der Waals surface area contributed by atoms with Crippen LogP contribution < -0.4 is 21.3 Å². The zero-order valence-corrected chi connectivity index (χ0v) is 55.1. The summed E-state index contributed by atoms with van der Waals surface area (Å²) in [4.78, 5) is 167. The normalized spacial score (nSPS) is 26.0. The molecule has 4 aliphatic rings. The van der Waals surface area contributed by atoms with Gasteiger partial charge in [-0.1, -0.05) is 92.6 Å². The second kappa shape index (κ2) is 32.4. The van der Waals surface area contributed by atoms with Crippen LogP contribution in [0, 0.1) is 29.5 Å². The highest BCUT2D eigenvalue weighted by Gasteiger charge is 2.49. The summed E-state index contributed by atoms with van der Waals surface area (Å²) in [6.45, 7) is 10.9. The molecule has 2 saturated carbocycles. The number of nitrogens with one attached hydrogen (secondary N) is 4. The lowest BCUT2D eigenvalue weighted by atomic mass is 9.84. The van der Waals surface area contributed by atoms with Crippen LogP contribution >= 0.6 is 0 Å². The molecule has 90 heavy (non-hydrogen) atoms. The van der Waals surface area contributed by atoms with Crippen LogP contribution in [-0.2, 0) is 65.3 Å². The molecule has 1 aromatic rings. The smallest absolute Gasteiger partial charge is 0.351 e. The first kappa shape index (κ1) is 73.8. The molecule has 0 bridgehead atoms. The van der Waals surface area contributed by atoms with E-state index in [2.05, 4.69) is 21.3 Å². The van der Waals surface area contributed by atoms with Crippen molar-refractivity contribution in [3.8, 4) is 0 Å². The fourth-order valence-electron chi connectivity index (χ4n) is 12.9. The zero-order valence-electron chi connectivity index (χ0n) is 55.1. The number of rotatable bonds is 10. The third-order valence-electron chi connectivity index (χ3n) is 18.2. The fourth-order valence-corrected chi connectivity index (χ4v) is 12.9. The third kappa shape index (κ3) is 19.6. The molecule has 2 aliphatic carbocycles. The van der Waals surface area contributed by atoms with Crippen molar-refractivity contribution in [2.75, 3.05) is 68.5 Å². The summed E-state index contributed by atoms with van der Waals surface area (Å²) in [5.74, 6) is -9.34. The summed E-state index contributed by atoms with van der Waals surface area (Å²) < 4.78 is 55.8. The van der Waals surface area contributed by atoms with Crippen molar-refractivity contribution < 1.29 is 70.3 Å². The number of benzene rings is 1. The minimum Gasteiger partial charge on any atom is -0.351 e. The average molecular weight is 1270 g/mol. The van der Waals surface area contributed by atoms with E-state index in [1.54, 1.807) is 20.8 Å². The number of likely N-dealkylation sites (N-methyl/N-ethyl adjacent to an activating group) is 6. The van der Waals surface area contributed by atoms with Crippen molar-refractivity contribution in [1.29, 1.82) is 0 Å². The molecular formula is C64H99F4N11O11. The fraction of sp³-hybridized carbons (Fsp3) is 0.734. The van der Waals surface area contributed by atoms with Gasteiger partial charge in [-0.25, -0.2) is 4.39 Å². The number of halogens is 4. The number of nitrogens with zero attached hydrogens (tertiary/aromatic N) is 7. The van der Waals surface area contributed by atoms with Gasteiger partial charge in [0.1, 0.15) is 47.6 Å². The minimum absolute atomic E-state index is 0.0168. The maximum atomic E-state index is 15.0. The van der Waals surface area contributed by atoms with E-state index in [4.69, 9.17) is 0 Å². The molecule has 11 amide bonds. The highest BCUT2D eigenvalue weighted by molar-refractivity contribution is 5.99. The number of alkyl halides is 3. The quantitative estimate of drug-likeness (QED) is 0.235. The van der Waals surface area contributed by atoms with Gasteiger partial charge >= 0.3 is 6.18 Å². The van der Waals surface area contributed by atoms with Gasteiger partial charge in [0.2, 0.25) is 65.0 Å². The largest absolute Gasteiger partial charge is 0.419 e. The van der Waals surface area contributed by atoms with Gasteiger partial charge in [0.25, 0.3) is 0 Å². The van der Waals surface area contributed by atoms with Crippen molar-refractivity contribution in [3.63, 3.8) is 0 Å². The molecule has 0 radical (unpaired) electrons. The van der Waals surface area contributed by atoms with Crippen LogP contribution in [0.25, 0.3) is 0 Å². The van der Waals surface area contributed by atoms with Gasteiger partial charge in [-0.15, -0.1) is 0 Å². The van der Waals surface area contributed by atoms with Crippen molar-refractivity contribution in [3.05, 3.63) is 35.1 Å². The molecular weight excluding hydrogens is 1170 g/mol. The first-order valence-electron chi connectivity index (χ1n) is 32.0. The monoisotopic (exact) mass is 1270 g/mol. The number of fused-ring (bicyclic) bond motifs is 1. The van der Waals surface area contributed by atoms with E-state index in [0.29, 0.717) is 31.4 Å². The summed E-state index contributed by atoms with van der Waals surface area (Å²) in [7, 11) is 8.45. The molecule has 2 heterocycles. The van der Waals surface area contributed by atoms with Crippen LogP contribution in [0.5, 0.6) is 0 Å². The molecule has 1 spiro atoms. The third-order valence-corrected chi connectivity index (χ3v) is 18.2. The van der Waals surface area contributed by atoms with E-state index in [0.717, 1.165) is 52.9 Å². The van der Waals surface area contributed by atoms with Gasteiger partial charge in [-0.2, -0.15) is 13.2 Å². The molecule has 22 nitrogen and oxygen atoms in total. The molecule has 504 valence electrons. The van der Waals surface area contributed by atoms with E-state index in [1.807, 2.05) is 27.7 Å². The summed E-state index contributed by atoms with van der Waals surface area (Å²) in [5, 5.41) is 11.4.